The second kappa shape index (κ2) is 3.97. The first-order chi connectivity index (χ1) is 7.13. The third-order valence-corrected chi connectivity index (χ3v) is 3.70. The van der Waals surface area contributed by atoms with Crippen LogP contribution in [-0.4, -0.2) is 21.9 Å². The Morgan fingerprint density at radius 3 is 2.87 bits per heavy atom. The summed E-state index contributed by atoms with van der Waals surface area (Å²) in [5.74, 6) is 0.652. The molecular formula is C12H21N3. The molecule has 3 heteroatoms. The molecule has 84 valence electrons. The Labute approximate surface area is 91.9 Å². The van der Waals surface area contributed by atoms with Crippen molar-refractivity contribution in [3.8, 4) is 0 Å². The van der Waals surface area contributed by atoms with Gasteiger partial charge in [-0.3, -0.25) is 4.68 Å². The first kappa shape index (κ1) is 10.7. The van der Waals surface area contributed by atoms with Crippen LogP contribution in [0.5, 0.6) is 0 Å². The average molecular weight is 207 g/mol. The summed E-state index contributed by atoms with van der Waals surface area (Å²) in [7, 11) is 2.02. The zero-order chi connectivity index (χ0) is 11.0. The van der Waals surface area contributed by atoms with Crippen LogP contribution >= 0.6 is 0 Å². The average Bonchev–Trinajstić information content (AvgIpc) is 2.72. The second-order valence-electron chi connectivity index (χ2n) is 4.73. The fourth-order valence-electron chi connectivity index (χ4n) is 2.72. The molecule has 3 unspecified atom stereocenters. The molecule has 0 aromatic carbocycles. The van der Waals surface area contributed by atoms with E-state index in [0.29, 0.717) is 18.0 Å². The summed E-state index contributed by atoms with van der Waals surface area (Å²) in [6.07, 6.45) is 4.48. The van der Waals surface area contributed by atoms with E-state index in [-0.39, 0.29) is 0 Å². The van der Waals surface area contributed by atoms with Gasteiger partial charge in [-0.15, -0.1) is 0 Å². The Morgan fingerprint density at radius 2 is 2.33 bits per heavy atom. The van der Waals surface area contributed by atoms with Gasteiger partial charge in [-0.1, -0.05) is 6.92 Å². The van der Waals surface area contributed by atoms with E-state index in [2.05, 4.69) is 31.2 Å². The Balaban J connectivity index is 2.26. The summed E-state index contributed by atoms with van der Waals surface area (Å²) in [6.45, 7) is 6.70. The smallest absolute Gasteiger partial charge is 0.0527 e. The highest BCUT2D eigenvalue weighted by molar-refractivity contribution is 5.25. The number of aryl methyl sites for hydroxylation is 1. The lowest BCUT2D eigenvalue weighted by Crippen LogP contribution is -2.28. The first-order valence-corrected chi connectivity index (χ1v) is 5.88. The molecule has 2 rings (SSSR count). The fraction of sp³-hybridized carbons (Fsp3) is 0.750. The number of rotatable bonds is 2. The van der Waals surface area contributed by atoms with Gasteiger partial charge in [0.1, 0.15) is 0 Å². The predicted molar refractivity (Wildman–Crippen MR) is 62.0 cm³/mol. The molecule has 15 heavy (non-hydrogen) atoms. The van der Waals surface area contributed by atoms with Crippen molar-refractivity contribution in [3.63, 3.8) is 0 Å². The molecule has 0 saturated carbocycles. The Morgan fingerprint density at radius 1 is 1.60 bits per heavy atom. The van der Waals surface area contributed by atoms with Crippen molar-refractivity contribution in [2.24, 2.45) is 7.05 Å². The first-order valence-electron chi connectivity index (χ1n) is 5.88. The summed E-state index contributed by atoms with van der Waals surface area (Å²) in [6, 6.07) is 1.27. The lowest BCUT2D eigenvalue weighted by atomic mass is 9.90. The quantitative estimate of drug-likeness (QED) is 0.803. The largest absolute Gasteiger partial charge is 0.311 e. The van der Waals surface area contributed by atoms with Crippen molar-refractivity contribution in [1.82, 2.24) is 15.1 Å². The van der Waals surface area contributed by atoms with Gasteiger partial charge in [0.05, 0.1) is 6.20 Å². The third kappa shape index (κ3) is 1.81. The van der Waals surface area contributed by atoms with Crippen LogP contribution in [0.1, 0.15) is 43.9 Å². The molecule has 0 amide bonds. The molecule has 1 aliphatic heterocycles. The number of nitrogens with one attached hydrogen (secondary N) is 1. The standard InChI is InChI=1S/C12H21N3/c1-5-12-10(6-8(2)14-12)11-7-13-15(4)9(11)3/h7-8,10,12,14H,5-6H2,1-4H3. The molecule has 1 aromatic rings. The topological polar surface area (TPSA) is 29.9 Å². The SMILES string of the molecule is CCC1NC(C)CC1c1cnn(C)c1C. The maximum atomic E-state index is 4.34. The number of nitrogens with zero attached hydrogens (tertiary/aromatic N) is 2. The van der Waals surface area contributed by atoms with Gasteiger partial charge < -0.3 is 5.32 Å². The Bertz CT molecular complexity index is 343. The van der Waals surface area contributed by atoms with Gasteiger partial charge in [-0.2, -0.15) is 5.10 Å². The second-order valence-corrected chi connectivity index (χ2v) is 4.73. The van der Waals surface area contributed by atoms with E-state index in [1.165, 1.54) is 24.1 Å². The van der Waals surface area contributed by atoms with Crippen LogP contribution in [0.4, 0.5) is 0 Å². The summed E-state index contributed by atoms with van der Waals surface area (Å²) in [5.41, 5.74) is 2.75. The van der Waals surface area contributed by atoms with E-state index in [1.807, 2.05) is 17.9 Å². The van der Waals surface area contributed by atoms with E-state index in [0.717, 1.165) is 0 Å². The number of hydrogen-bond donors (Lipinski definition) is 1. The zero-order valence-corrected chi connectivity index (χ0v) is 10.1. The van der Waals surface area contributed by atoms with Crippen LogP contribution in [0.3, 0.4) is 0 Å². The molecule has 0 radical (unpaired) electrons. The molecule has 3 atom stereocenters. The van der Waals surface area contributed by atoms with Crippen LogP contribution in [-0.2, 0) is 7.05 Å². The van der Waals surface area contributed by atoms with Crippen LogP contribution in [0.2, 0.25) is 0 Å². The molecule has 3 nitrogen and oxygen atoms in total. The zero-order valence-electron chi connectivity index (χ0n) is 10.1. The van der Waals surface area contributed by atoms with Crippen molar-refractivity contribution in [3.05, 3.63) is 17.5 Å². The van der Waals surface area contributed by atoms with Gasteiger partial charge in [0.15, 0.2) is 0 Å². The van der Waals surface area contributed by atoms with Gasteiger partial charge >= 0.3 is 0 Å². The fourth-order valence-corrected chi connectivity index (χ4v) is 2.72. The summed E-state index contributed by atoms with van der Waals surface area (Å²) >= 11 is 0. The lowest BCUT2D eigenvalue weighted by Gasteiger charge is -2.17. The van der Waals surface area contributed by atoms with E-state index < -0.39 is 0 Å². The van der Waals surface area contributed by atoms with E-state index in [1.54, 1.807) is 0 Å². The van der Waals surface area contributed by atoms with E-state index >= 15 is 0 Å². The summed E-state index contributed by atoms with van der Waals surface area (Å²) in [5, 5.41) is 7.99. The Hall–Kier alpha value is -0.830. The Kier molecular flexibility index (Phi) is 2.83. The van der Waals surface area contributed by atoms with Crippen LogP contribution in [0.25, 0.3) is 0 Å². The highest BCUT2D eigenvalue weighted by Gasteiger charge is 2.32. The highest BCUT2D eigenvalue weighted by Crippen LogP contribution is 2.33. The van der Waals surface area contributed by atoms with E-state index in [9.17, 15) is 0 Å². The van der Waals surface area contributed by atoms with Crippen LogP contribution in [0, 0.1) is 6.92 Å². The van der Waals surface area contributed by atoms with Crippen LogP contribution < -0.4 is 5.32 Å². The highest BCUT2D eigenvalue weighted by atomic mass is 15.3. The van der Waals surface area contributed by atoms with Crippen molar-refractivity contribution < 1.29 is 0 Å². The number of aromatic nitrogens is 2. The van der Waals surface area contributed by atoms with Gasteiger partial charge in [0, 0.05) is 30.7 Å². The van der Waals surface area contributed by atoms with Gasteiger partial charge in [-0.05, 0) is 32.3 Å². The molecule has 1 aliphatic rings. The monoisotopic (exact) mass is 207 g/mol. The molecule has 0 spiro atoms. The number of hydrogen-bond acceptors (Lipinski definition) is 2. The lowest BCUT2D eigenvalue weighted by molar-refractivity contribution is 0.516. The molecule has 1 N–H and O–H groups in total. The molecule has 1 aromatic heterocycles. The van der Waals surface area contributed by atoms with Gasteiger partial charge in [0.25, 0.3) is 0 Å². The molecular weight excluding hydrogens is 186 g/mol. The molecule has 0 aliphatic carbocycles. The van der Waals surface area contributed by atoms with Crippen molar-refractivity contribution in [1.29, 1.82) is 0 Å². The van der Waals surface area contributed by atoms with Crippen molar-refractivity contribution in [2.75, 3.05) is 0 Å². The van der Waals surface area contributed by atoms with Crippen molar-refractivity contribution in [2.45, 2.75) is 51.6 Å². The minimum atomic E-state index is 0.628. The molecule has 1 saturated heterocycles. The van der Waals surface area contributed by atoms with Crippen LogP contribution in [0.15, 0.2) is 6.20 Å². The molecule has 0 bridgehead atoms. The van der Waals surface area contributed by atoms with Gasteiger partial charge in [-0.25, -0.2) is 0 Å². The maximum absolute atomic E-state index is 4.34. The maximum Gasteiger partial charge on any atom is 0.0527 e. The summed E-state index contributed by atoms with van der Waals surface area (Å²) < 4.78 is 1.98. The minimum absolute atomic E-state index is 0.628. The molecule has 1 fully saturated rings. The molecule has 2 heterocycles. The predicted octanol–water partition coefficient (Wildman–Crippen LogP) is 1.97. The third-order valence-electron chi connectivity index (χ3n) is 3.70. The van der Waals surface area contributed by atoms with Crippen molar-refractivity contribution >= 4 is 0 Å². The van der Waals surface area contributed by atoms with Gasteiger partial charge in [0.2, 0.25) is 0 Å². The normalized spacial score (nSPS) is 31.1. The summed E-state index contributed by atoms with van der Waals surface area (Å²) in [4.78, 5) is 0. The minimum Gasteiger partial charge on any atom is -0.311 e. The van der Waals surface area contributed by atoms with E-state index in [4.69, 9.17) is 0 Å².